The molecule has 1 heterocycles. The van der Waals surface area contributed by atoms with E-state index in [0.717, 1.165) is 16.8 Å². The second-order valence-electron chi connectivity index (χ2n) is 5.71. The zero-order chi connectivity index (χ0) is 16.8. The molecule has 23 heavy (non-hydrogen) atoms. The number of nitrogens with one attached hydrogen (secondary N) is 1. The van der Waals surface area contributed by atoms with Crippen LogP contribution in [0.5, 0.6) is 0 Å². The van der Waals surface area contributed by atoms with Crippen molar-refractivity contribution in [2.75, 3.05) is 0 Å². The molecule has 0 amide bonds. The van der Waals surface area contributed by atoms with Crippen LogP contribution in [-0.4, -0.2) is 26.8 Å². The summed E-state index contributed by atoms with van der Waals surface area (Å²) >= 11 is 0. The molecule has 1 aliphatic carbocycles. The molecule has 0 unspecified atom stereocenters. The van der Waals surface area contributed by atoms with Crippen LogP contribution in [0.1, 0.15) is 24.2 Å². The van der Waals surface area contributed by atoms with Gasteiger partial charge in [0.05, 0.1) is 10.6 Å². The molecule has 1 aromatic carbocycles. The number of rotatable bonds is 5. The molecule has 1 N–H and O–H groups in total. The molecule has 6 nitrogen and oxygen atoms in total. The van der Waals surface area contributed by atoms with Crippen molar-refractivity contribution in [3.8, 4) is 0 Å². The standard InChI is InChI=1S/C15H18N2O4S2/c1-11-10-15(22(18,19)16-13-8-9-13)12(2)17(11)23(20,21)14-6-4-3-5-7-14/h3-7,10,13,16H,8-9H2,1-2H3. The Hall–Kier alpha value is -1.64. The Morgan fingerprint density at radius 1 is 1.04 bits per heavy atom. The molecule has 1 aliphatic rings. The molecule has 2 aromatic rings. The number of benzene rings is 1. The lowest BCUT2D eigenvalue weighted by atomic mass is 10.4. The largest absolute Gasteiger partial charge is 0.268 e. The van der Waals surface area contributed by atoms with E-state index in [1.807, 2.05) is 0 Å². The molecule has 0 bridgehead atoms. The predicted octanol–water partition coefficient (Wildman–Crippen LogP) is 1.78. The second kappa shape index (κ2) is 5.47. The summed E-state index contributed by atoms with van der Waals surface area (Å²) in [4.78, 5) is 0.141. The van der Waals surface area contributed by atoms with Crippen molar-refractivity contribution in [3.63, 3.8) is 0 Å². The topological polar surface area (TPSA) is 85.2 Å². The number of hydrogen-bond donors (Lipinski definition) is 1. The van der Waals surface area contributed by atoms with Crippen LogP contribution in [-0.2, 0) is 20.0 Å². The average molecular weight is 354 g/mol. The van der Waals surface area contributed by atoms with Crippen LogP contribution < -0.4 is 4.72 Å². The Morgan fingerprint density at radius 2 is 1.65 bits per heavy atom. The van der Waals surface area contributed by atoms with Crippen molar-refractivity contribution in [1.82, 2.24) is 8.69 Å². The van der Waals surface area contributed by atoms with Gasteiger partial charge in [-0.1, -0.05) is 18.2 Å². The van der Waals surface area contributed by atoms with Crippen LogP contribution >= 0.6 is 0 Å². The first kappa shape index (κ1) is 16.2. The summed E-state index contributed by atoms with van der Waals surface area (Å²) in [5.74, 6) is 0. The van der Waals surface area contributed by atoms with Gasteiger partial charge in [-0.15, -0.1) is 0 Å². The highest BCUT2D eigenvalue weighted by Gasteiger charge is 2.32. The molecule has 0 atom stereocenters. The highest BCUT2D eigenvalue weighted by Crippen LogP contribution is 2.28. The average Bonchev–Trinajstić information content (AvgIpc) is 3.22. The fraction of sp³-hybridized carbons (Fsp3) is 0.333. The minimum Gasteiger partial charge on any atom is -0.242 e. The zero-order valence-electron chi connectivity index (χ0n) is 12.9. The lowest BCUT2D eigenvalue weighted by Crippen LogP contribution is -2.26. The highest BCUT2D eigenvalue weighted by atomic mass is 32.2. The smallest absolute Gasteiger partial charge is 0.242 e. The van der Waals surface area contributed by atoms with Gasteiger partial charge in [-0.05, 0) is 44.9 Å². The van der Waals surface area contributed by atoms with E-state index in [1.54, 1.807) is 25.1 Å². The third kappa shape index (κ3) is 2.93. The first-order valence-electron chi connectivity index (χ1n) is 7.25. The summed E-state index contributed by atoms with van der Waals surface area (Å²) in [7, 11) is -7.54. The minimum atomic E-state index is -3.83. The summed E-state index contributed by atoms with van der Waals surface area (Å²) in [5.41, 5.74) is 0.557. The fourth-order valence-electron chi connectivity index (χ4n) is 2.54. The van der Waals surface area contributed by atoms with Gasteiger partial charge in [0.15, 0.2) is 0 Å². The van der Waals surface area contributed by atoms with Gasteiger partial charge in [0.2, 0.25) is 10.0 Å². The monoisotopic (exact) mass is 354 g/mol. The Kier molecular flexibility index (Phi) is 3.86. The van der Waals surface area contributed by atoms with Crippen molar-refractivity contribution >= 4 is 20.0 Å². The van der Waals surface area contributed by atoms with Crippen molar-refractivity contribution in [2.45, 2.75) is 42.5 Å². The number of nitrogens with zero attached hydrogens (tertiary/aromatic N) is 1. The minimum absolute atomic E-state index is 0.0152. The molecule has 1 saturated carbocycles. The van der Waals surface area contributed by atoms with Gasteiger partial charge in [-0.25, -0.2) is 25.5 Å². The van der Waals surface area contributed by atoms with Gasteiger partial charge in [-0.2, -0.15) is 0 Å². The molecular weight excluding hydrogens is 336 g/mol. The summed E-state index contributed by atoms with van der Waals surface area (Å²) < 4.78 is 54.1. The van der Waals surface area contributed by atoms with E-state index in [4.69, 9.17) is 0 Å². The van der Waals surface area contributed by atoms with Crippen molar-refractivity contribution in [3.05, 3.63) is 47.8 Å². The maximum atomic E-state index is 12.8. The van der Waals surface area contributed by atoms with Gasteiger partial charge >= 0.3 is 0 Å². The van der Waals surface area contributed by atoms with Crippen LogP contribution in [0.25, 0.3) is 0 Å². The van der Waals surface area contributed by atoms with E-state index in [2.05, 4.69) is 4.72 Å². The molecule has 0 saturated heterocycles. The van der Waals surface area contributed by atoms with E-state index in [0.29, 0.717) is 5.69 Å². The lowest BCUT2D eigenvalue weighted by molar-refractivity contribution is 0.579. The molecular formula is C15H18N2O4S2. The van der Waals surface area contributed by atoms with E-state index in [9.17, 15) is 16.8 Å². The lowest BCUT2D eigenvalue weighted by Gasteiger charge is -2.11. The van der Waals surface area contributed by atoms with Crippen LogP contribution in [0.4, 0.5) is 0 Å². The molecule has 0 radical (unpaired) electrons. The van der Waals surface area contributed by atoms with Gasteiger partial charge in [0.1, 0.15) is 4.90 Å². The Balaban J connectivity index is 2.12. The van der Waals surface area contributed by atoms with E-state index >= 15 is 0 Å². The number of hydrogen-bond acceptors (Lipinski definition) is 4. The maximum absolute atomic E-state index is 12.8. The molecule has 0 aliphatic heterocycles. The van der Waals surface area contributed by atoms with Crippen LogP contribution in [0.15, 0.2) is 46.2 Å². The summed E-state index contributed by atoms with van der Waals surface area (Å²) in [6.07, 6.45) is 1.64. The zero-order valence-corrected chi connectivity index (χ0v) is 14.5. The second-order valence-corrected chi connectivity index (χ2v) is 9.18. The van der Waals surface area contributed by atoms with Crippen molar-refractivity contribution in [2.24, 2.45) is 0 Å². The fourth-order valence-corrected chi connectivity index (χ4v) is 5.81. The summed E-state index contributed by atoms with van der Waals surface area (Å²) in [6.45, 7) is 3.10. The van der Waals surface area contributed by atoms with Crippen molar-refractivity contribution < 1.29 is 16.8 Å². The first-order valence-corrected chi connectivity index (χ1v) is 10.2. The summed E-state index contributed by atoms with van der Waals surface area (Å²) in [5, 5.41) is 0. The summed E-state index contributed by atoms with van der Waals surface area (Å²) in [6, 6.07) is 9.34. The van der Waals surface area contributed by atoms with E-state index in [1.165, 1.54) is 25.1 Å². The number of sulfonamides is 1. The van der Waals surface area contributed by atoms with Crippen molar-refractivity contribution in [1.29, 1.82) is 0 Å². The van der Waals surface area contributed by atoms with E-state index < -0.39 is 20.0 Å². The molecule has 3 rings (SSSR count). The van der Waals surface area contributed by atoms with Gasteiger partial charge in [-0.3, -0.25) is 0 Å². The predicted molar refractivity (Wildman–Crippen MR) is 86.3 cm³/mol. The van der Waals surface area contributed by atoms with Crippen LogP contribution in [0, 0.1) is 13.8 Å². The third-order valence-electron chi connectivity index (χ3n) is 3.79. The number of aromatic nitrogens is 1. The SMILES string of the molecule is Cc1cc(S(=O)(=O)NC2CC2)c(C)n1S(=O)(=O)c1ccccc1. The van der Waals surface area contributed by atoms with Gasteiger partial charge < -0.3 is 0 Å². The Bertz CT molecular complexity index is 941. The Morgan fingerprint density at radius 3 is 2.22 bits per heavy atom. The maximum Gasteiger partial charge on any atom is 0.268 e. The van der Waals surface area contributed by atoms with Gasteiger partial charge in [0, 0.05) is 11.7 Å². The molecule has 0 spiro atoms. The van der Waals surface area contributed by atoms with E-state index in [-0.39, 0.29) is 21.5 Å². The molecule has 8 heteroatoms. The highest BCUT2D eigenvalue weighted by molar-refractivity contribution is 7.90. The van der Waals surface area contributed by atoms with Gasteiger partial charge in [0.25, 0.3) is 10.0 Å². The third-order valence-corrected chi connectivity index (χ3v) is 7.34. The molecule has 124 valence electrons. The quantitative estimate of drug-likeness (QED) is 0.887. The van der Waals surface area contributed by atoms with Crippen LogP contribution in [0.2, 0.25) is 0 Å². The van der Waals surface area contributed by atoms with Crippen LogP contribution in [0.3, 0.4) is 0 Å². The number of aryl methyl sites for hydroxylation is 1. The first-order chi connectivity index (χ1) is 10.7. The molecule has 1 fully saturated rings. The Labute approximate surface area is 136 Å². The normalized spacial score (nSPS) is 15.7. The molecule has 1 aromatic heterocycles.